The van der Waals surface area contributed by atoms with Crippen molar-refractivity contribution in [3.05, 3.63) is 70.4 Å². The van der Waals surface area contributed by atoms with E-state index in [0.717, 1.165) is 4.88 Å². The van der Waals surface area contributed by atoms with Gasteiger partial charge in [0.15, 0.2) is 18.1 Å². The number of carbonyl (C=O) groups excluding carboxylic acids is 2. The van der Waals surface area contributed by atoms with Gasteiger partial charge in [0.2, 0.25) is 0 Å². The lowest BCUT2D eigenvalue weighted by atomic mass is 10.2. The van der Waals surface area contributed by atoms with Gasteiger partial charge in [-0.3, -0.25) is 9.52 Å². The maximum Gasteiger partial charge on any atom is 0.338 e. The number of hydrogen-bond donors (Lipinski definition) is 2. The number of nitrogens with one attached hydrogen (secondary N) is 2. The van der Waals surface area contributed by atoms with Crippen LogP contribution in [0.2, 0.25) is 0 Å². The summed E-state index contributed by atoms with van der Waals surface area (Å²) in [6.07, 6.45) is 0. The summed E-state index contributed by atoms with van der Waals surface area (Å²) < 4.78 is 43.7. The van der Waals surface area contributed by atoms with E-state index in [9.17, 15) is 18.0 Å². The van der Waals surface area contributed by atoms with Crippen molar-refractivity contribution >= 4 is 38.9 Å². The molecule has 0 spiro atoms. The SMILES string of the molecule is O=C(COC(=O)c1ccc(NS(=O)(=O)c2ccc3c(c2)OCCO3)cc1)NCc1cccs1. The molecule has 11 heteroatoms. The van der Waals surface area contributed by atoms with Crippen molar-refractivity contribution in [3.8, 4) is 11.5 Å². The molecule has 1 aliphatic heterocycles. The van der Waals surface area contributed by atoms with Crippen LogP contribution in [0.5, 0.6) is 11.5 Å². The van der Waals surface area contributed by atoms with Crippen LogP contribution in [0.25, 0.3) is 0 Å². The van der Waals surface area contributed by atoms with E-state index in [1.54, 1.807) is 6.07 Å². The molecule has 9 nitrogen and oxygen atoms in total. The van der Waals surface area contributed by atoms with Gasteiger partial charge in [0.25, 0.3) is 15.9 Å². The molecular formula is C22H20N2O7S2. The van der Waals surface area contributed by atoms with Crippen LogP contribution in [0.15, 0.2) is 64.9 Å². The number of esters is 1. The Bertz CT molecular complexity index is 1240. The number of sulfonamides is 1. The smallest absolute Gasteiger partial charge is 0.338 e. The third kappa shape index (κ3) is 5.82. The predicted octanol–water partition coefficient (Wildman–Crippen LogP) is 2.79. The number of benzene rings is 2. The Morgan fingerprint density at radius 2 is 1.76 bits per heavy atom. The first-order valence-corrected chi connectivity index (χ1v) is 12.3. The molecule has 2 aromatic carbocycles. The van der Waals surface area contributed by atoms with Gasteiger partial charge in [0, 0.05) is 16.6 Å². The van der Waals surface area contributed by atoms with E-state index in [1.165, 1.54) is 47.7 Å². The molecule has 0 saturated carbocycles. The van der Waals surface area contributed by atoms with E-state index in [4.69, 9.17) is 14.2 Å². The zero-order valence-corrected chi connectivity index (χ0v) is 18.9. The van der Waals surface area contributed by atoms with Crippen molar-refractivity contribution in [2.24, 2.45) is 0 Å². The summed E-state index contributed by atoms with van der Waals surface area (Å²) in [6, 6.07) is 13.8. The normalized spacial score (nSPS) is 12.6. The number of fused-ring (bicyclic) bond motifs is 1. The molecule has 1 amide bonds. The van der Waals surface area contributed by atoms with Crippen LogP contribution in [-0.2, 0) is 26.1 Å². The van der Waals surface area contributed by atoms with Gasteiger partial charge in [-0.25, -0.2) is 13.2 Å². The number of rotatable bonds is 8. The Balaban J connectivity index is 1.32. The van der Waals surface area contributed by atoms with E-state index in [2.05, 4.69) is 10.0 Å². The molecule has 4 rings (SSSR count). The molecule has 33 heavy (non-hydrogen) atoms. The maximum absolute atomic E-state index is 12.7. The van der Waals surface area contributed by atoms with Gasteiger partial charge in [-0.2, -0.15) is 0 Å². The summed E-state index contributed by atoms with van der Waals surface area (Å²) in [4.78, 5) is 25.0. The van der Waals surface area contributed by atoms with Crippen molar-refractivity contribution in [3.63, 3.8) is 0 Å². The van der Waals surface area contributed by atoms with Crippen molar-refractivity contribution in [1.29, 1.82) is 0 Å². The molecule has 2 heterocycles. The standard InChI is InChI=1S/C22H20N2O7S2/c25-21(23-13-17-2-1-11-32-17)14-31-22(26)15-3-5-16(6-4-15)24-33(27,28)18-7-8-19-20(12-18)30-10-9-29-19/h1-8,11-12,24H,9-10,13-14H2,(H,23,25). The monoisotopic (exact) mass is 488 g/mol. The molecule has 2 N–H and O–H groups in total. The number of thiophene rings is 1. The number of amides is 1. The number of ether oxygens (including phenoxy) is 3. The van der Waals surface area contributed by atoms with Crippen LogP contribution < -0.4 is 19.5 Å². The molecule has 1 aliphatic rings. The average Bonchev–Trinajstić information content (AvgIpc) is 3.35. The lowest BCUT2D eigenvalue weighted by Crippen LogP contribution is -2.28. The van der Waals surface area contributed by atoms with Crippen LogP contribution in [-0.4, -0.2) is 40.1 Å². The highest BCUT2D eigenvalue weighted by Gasteiger charge is 2.20. The zero-order chi connectivity index (χ0) is 23.3. The molecule has 0 atom stereocenters. The quantitative estimate of drug-likeness (QED) is 0.468. The maximum atomic E-state index is 12.7. The fourth-order valence-corrected chi connectivity index (χ4v) is 4.66. The molecule has 0 unspecified atom stereocenters. The lowest BCUT2D eigenvalue weighted by molar-refractivity contribution is -0.124. The second-order valence-corrected chi connectivity index (χ2v) is 9.64. The average molecular weight is 489 g/mol. The predicted molar refractivity (Wildman–Crippen MR) is 121 cm³/mol. The first-order valence-electron chi connectivity index (χ1n) is 9.89. The number of anilines is 1. The number of carbonyl (C=O) groups is 2. The van der Waals surface area contributed by atoms with Gasteiger partial charge < -0.3 is 19.5 Å². The molecule has 0 bridgehead atoms. The van der Waals surface area contributed by atoms with Crippen LogP contribution in [0, 0.1) is 0 Å². The minimum absolute atomic E-state index is 0.0174. The highest BCUT2D eigenvalue weighted by atomic mass is 32.2. The second-order valence-electron chi connectivity index (χ2n) is 6.92. The Kier molecular flexibility index (Phi) is 6.80. The van der Waals surface area contributed by atoms with E-state index in [1.807, 2.05) is 17.5 Å². The van der Waals surface area contributed by atoms with Crippen molar-refractivity contribution in [1.82, 2.24) is 5.32 Å². The Morgan fingerprint density at radius 3 is 2.48 bits per heavy atom. The highest BCUT2D eigenvalue weighted by Crippen LogP contribution is 2.32. The van der Waals surface area contributed by atoms with Crippen LogP contribution in [0.4, 0.5) is 5.69 Å². The minimum Gasteiger partial charge on any atom is -0.486 e. The topological polar surface area (TPSA) is 120 Å². The Hall–Kier alpha value is -3.57. The van der Waals surface area contributed by atoms with Crippen molar-refractivity contribution in [2.75, 3.05) is 24.5 Å². The van der Waals surface area contributed by atoms with Gasteiger partial charge in [0.1, 0.15) is 13.2 Å². The summed E-state index contributed by atoms with van der Waals surface area (Å²) in [5, 5.41) is 4.57. The van der Waals surface area contributed by atoms with Crippen LogP contribution >= 0.6 is 11.3 Å². The largest absolute Gasteiger partial charge is 0.486 e. The summed E-state index contributed by atoms with van der Waals surface area (Å²) in [5.74, 6) is -0.256. The highest BCUT2D eigenvalue weighted by molar-refractivity contribution is 7.92. The van der Waals surface area contributed by atoms with Crippen molar-refractivity contribution < 1.29 is 32.2 Å². The molecule has 1 aromatic heterocycles. The zero-order valence-electron chi connectivity index (χ0n) is 17.3. The van der Waals surface area contributed by atoms with E-state index in [0.29, 0.717) is 31.3 Å². The van der Waals surface area contributed by atoms with Gasteiger partial charge in [-0.15, -0.1) is 11.3 Å². The molecule has 3 aromatic rings. The second kappa shape index (κ2) is 9.92. The van der Waals surface area contributed by atoms with Crippen LogP contribution in [0.3, 0.4) is 0 Å². The third-order valence-corrected chi connectivity index (χ3v) is 6.83. The summed E-state index contributed by atoms with van der Waals surface area (Å²) in [6.45, 7) is 0.707. The molecule has 0 radical (unpaired) electrons. The summed E-state index contributed by atoms with van der Waals surface area (Å²) in [7, 11) is -3.88. The number of hydrogen-bond acceptors (Lipinski definition) is 8. The van der Waals surface area contributed by atoms with E-state index in [-0.39, 0.29) is 16.1 Å². The molecule has 0 aliphatic carbocycles. The van der Waals surface area contributed by atoms with Crippen LogP contribution in [0.1, 0.15) is 15.2 Å². The minimum atomic E-state index is -3.88. The lowest BCUT2D eigenvalue weighted by Gasteiger charge is -2.19. The summed E-state index contributed by atoms with van der Waals surface area (Å²) in [5.41, 5.74) is 0.443. The first kappa shape index (κ1) is 22.6. The van der Waals surface area contributed by atoms with E-state index >= 15 is 0 Å². The fraction of sp³-hybridized carbons (Fsp3) is 0.182. The fourth-order valence-electron chi connectivity index (χ4n) is 2.94. The van der Waals surface area contributed by atoms with E-state index < -0.39 is 28.5 Å². The Morgan fingerprint density at radius 1 is 1.00 bits per heavy atom. The van der Waals surface area contributed by atoms with Gasteiger partial charge in [-0.05, 0) is 47.8 Å². The molecule has 172 valence electrons. The van der Waals surface area contributed by atoms with Crippen molar-refractivity contribution in [2.45, 2.75) is 11.4 Å². The summed E-state index contributed by atoms with van der Waals surface area (Å²) >= 11 is 1.51. The van der Waals surface area contributed by atoms with Gasteiger partial charge in [-0.1, -0.05) is 6.07 Å². The Labute approximate surface area is 194 Å². The molecular weight excluding hydrogens is 468 g/mol. The third-order valence-electron chi connectivity index (χ3n) is 4.57. The molecule has 0 saturated heterocycles. The first-order chi connectivity index (χ1) is 15.9. The van der Waals surface area contributed by atoms with Gasteiger partial charge >= 0.3 is 5.97 Å². The van der Waals surface area contributed by atoms with Gasteiger partial charge in [0.05, 0.1) is 17.0 Å². The molecule has 0 fully saturated rings.